The fourth-order valence-corrected chi connectivity index (χ4v) is 2.00. The van der Waals surface area contributed by atoms with Crippen molar-refractivity contribution in [1.82, 2.24) is 5.01 Å². The molecule has 1 fully saturated rings. The lowest BCUT2D eigenvalue weighted by atomic mass is 10.2. The van der Waals surface area contributed by atoms with Gasteiger partial charge in [-0.05, 0) is 18.2 Å². The zero-order valence-electron chi connectivity index (χ0n) is 11.2. The zero-order valence-corrected chi connectivity index (χ0v) is 11.2. The van der Waals surface area contributed by atoms with E-state index in [0.717, 1.165) is 5.69 Å². The van der Waals surface area contributed by atoms with E-state index >= 15 is 0 Å². The van der Waals surface area contributed by atoms with E-state index in [2.05, 4.69) is 0 Å². The first-order chi connectivity index (χ1) is 9.41. The van der Waals surface area contributed by atoms with Crippen LogP contribution in [0.4, 0.5) is 16.2 Å². The molecule has 1 aromatic carbocycles. The number of hydrazine groups is 1. The Bertz CT molecular complexity index is 554. The molecule has 0 radical (unpaired) electrons. The molecule has 0 aliphatic carbocycles. The summed E-state index contributed by atoms with van der Waals surface area (Å²) in [6.45, 7) is 0. The third-order valence-electron chi connectivity index (χ3n) is 3.00. The van der Waals surface area contributed by atoms with Gasteiger partial charge in [0.25, 0.3) is 0 Å². The highest BCUT2D eigenvalue weighted by atomic mass is 16.4. The van der Waals surface area contributed by atoms with Crippen LogP contribution < -0.4 is 9.91 Å². The molecule has 2 rings (SSSR count). The average Bonchev–Trinajstić information content (AvgIpc) is 2.71. The summed E-state index contributed by atoms with van der Waals surface area (Å²) < 4.78 is 0. The third-order valence-corrected chi connectivity index (χ3v) is 3.00. The van der Waals surface area contributed by atoms with Gasteiger partial charge in [0.15, 0.2) is 0 Å². The Labute approximate surface area is 116 Å². The molecule has 1 heterocycles. The second-order valence-electron chi connectivity index (χ2n) is 4.61. The molecule has 7 heteroatoms. The molecule has 0 bridgehead atoms. The van der Waals surface area contributed by atoms with Crippen LogP contribution in [0.15, 0.2) is 24.3 Å². The maximum atomic E-state index is 11.7. The van der Waals surface area contributed by atoms with E-state index in [1.165, 1.54) is 0 Å². The van der Waals surface area contributed by atoms with E-state index < -0.39 is 17.9 Å². The number of carboxylic acid groups (broad SMARTS) is 1. The Hall–Kier alpha value is -2.57. The van der Waals surface area contributed by atoms with Crippen molar-refractivity contribution >= 4 is 29.3 Å². The van der Waals surface area contributed by atoms with Crippen LogP contribution >= 0.6 is 0 Å². The first kappa shape index (κ1) is 13.9. The van der Waals surface area contributed by atoms with Gasteiger partial charge in [-0.2, -0.15) is 10.0 Å². The molecule has 0 atom stereocenters. The van der Waals surface area contributed by atoms with E-state index in [-0.39, 0.29) is 18.5 Å². The van der Waals surface area contributed by atoms with Crippen molar-refractivity contribution in [2.24, 2.45) is 0 Å². The molecule has 106 valence electrons. The van der Waals surface area contributed by atoms with Crippen LogP contribution in [0.2, 0.25) is 0 Å². The maximum Gasteiger partial charge on any atom is 0.431 e. The largest absolute Gasteiger partial charge is 0.463 e. The number of benzene rings is 1. The van der Waals surface area contributed by atoms with Gasteiger partial charge < -0.3 is 10.0 Å². The highest BCUT2D eigenvalue weighted by Gasteiger charge is 2.37. The highest BCUT2D eigenvalue weighted by Crippen LogP contribution is 2.26. The van der Waals surface area contributed by atoms with Gasteiger partial charge in [-0.3, -0.25) is 9.59 Å². The van der Waals surface area contributed by atoms with Crippen molar-refractivity contribution in [3.05, 3.63) is 24.3 Å². The van der Waals surface area contributed by atoms with Crippen molar-refractivity contribution in [3.8, 4) is 0 Å². The molecule has 3 amide bonds. The second kappa shape index (κ2) is 5.20. The lowest BCUT2D eigenvalue weighted by Gasteiger charge is -2.27. The van der Waals surface area contributed by atoms with Crippen LogP contribution in [-0.4, -0.2) is 42.1 Å². The molecule has 0 spiro atoms. The smallest absolute Gasteiger partial charge is 0.431 e. The van der Waals surface area contributed by atoms with Gasteiger partial charge in [-0.25, -0.2) is 4.79 Å². The third kappa shape index (κ3) is 2.42. The number of anilines is 2. The Morgan fingerprint density at radius 3 is 2.20 bits per heavy atom. The predicted molar refractivity (Wildman–Crippen MR) is 72.4 cm³/mol. The molecule has 1 saturated heterocycles. The number of hydrogen-bond acceptors (Lipinski definition) is 4. The van der Waals surface area contributed by atoms with Crippen LogP contribution in [-0.2, 0) is 9.59 Å². The van der Waals surface area contributed by atoms with E-state index in [0.29, 0.717) is 10.0 Å². The Kier molecular flexibility index (Phi) is 3.60. The van der Waals surface area contributed by atoms with Gasteiger partial charge >= 0.3 is 6.09 Å². The molecule has 1 aromatic rings. The SMILES string of the molecule is CN(C)c1cccc(N(C(=O)O)N2C(=O)CCC2=O)c1. The van der Waals surface area contributed by atoms with Gasteiger partial charge in [0.2, 0.25) is 11.8 Å². The molecule has 1 aliphatic heterocycles. The minimum absolute atomic E-state index is 0.0377. The lowest BCUT2D eigenvalue weighted by molar-refractivity contribution is -0.138. The molecule has 0 aromatic heterocycles. The quantitative estimate of drug-likeness (QED) is 0.842. The van der Waals surface area contributed by atoms with Crippen LogP contribution in [0, 0.1) is 0 Å². The average molecular weight is 277 g/mol. The summed E-state index contributed by atoms with van der Waals surface area (Å²) in [5.74, 6) is -1.01. The fraction of sp³-hybridized carbons (Fsp3) is 0.308. The van der Waals surface area contributed by atoms with Gasteiger partial charge in [0.05, 0.1) is 5.69 Å². The summed E-state index contributed by atoms with van der Waals surface area (Å²) in [6, 6.07) is 6.62. The number of rotatable bonds is 3. The number of imide groups is 1. The molecule has 7 nitrogen and oxygen atoms in total. The molecule has 0 saturated carbocycles. The number of hydrogen-bond donors (Lipinski definition) is 1. The van der Waals surface area contributed by atoms with Crippen molar-refractivity contribution in [2.75, 3.05) is 24.0 Å². The van der Waals surface area contributed by atoms with Crippen LogP contribution in [0.5, 0.6) is 0 Å². The first-order valence-corrected chi connectivity index (χ1v) is 6.08. The van der Waals surface area contributed by atoms with Crippen LogP contribution in [0.1, 0.15) is 12.8 Å². The first-order valence-electron chi connectivity index (χ1n) is 6.08. The van der Waals surface area contributed by atoms with Crippen LogP contribution in [0.3, 0.4) is 0 Å². The van der Waals surface area contributed by atoms with Gasteiger partial charge in [0.1, 0.15) is 0 Å². The Morgan fingerprint density at radius 2 is 1.70 bits per heavy atom. The molecular formula is C13H15N3O4. The summed E-state index contributed by atoms with van der Waals surface area (Å²) in [7, 11) is 3.63. The van der Waals surface area contributed by atoms with Crippen molar-refractivity contribution in [3.63, 3.8) is 0 Å². The van der Waals surface area contributed by atoms with Gasteiger partial charge in [-0.1, -0.05) is 6.07 Å². The topological polar surface area (TPSA) is 81.2 Å². The molecule has 1 N–H and O–H groups in total. The number of carbonyl (C=O) groups excluding carboxylic acids is 2. The monoisotopic (exact) mass is 277 g/mol. The zero-order chi connectivity index (χ0) is 14.9. The fourth-order valence-electron chi connectivity index (χ4n) is 2.00. The minimum Gasteiger partial charge on any atom is -0.463 e. The summed E-state index contributed by atoms with van der Waals surface area (Å²) >= 11 is 0. The maximum absolute atomic E-state index is 11.7. The predicted octanol–water partition coefficient (Wildman–Crippen LogP) is 1.30. The van der Waals surface area contributed by atoms with E-state index in [1.54, 1.807) is 29.2 Å². The molecular weight excluding hydrogens is 262 g/mol. The number of amides is 3. The Balaban J connectivity index is 2.44. The van der Waals surface area contributed by atoms with E-state index in [1.807, 2.05) is 14.1 Å². The summed E-state index contributed by atoms with van der Waals surface area (Å²) in [5.41, 5.74) is 1.03. The Morgan fingerprint density at radius 1 is 1.15 bits per heavy atom. The highest BCUT2D eigenvalue weighted by molar-refractivity contribution is 6.07. The van der Waals surface area contributed by atoms with Gasteiger partial charge in [-0.15, -0.1) is 0 Å². The molecule has 20 heavy (non-hydrogen) atoms. The number of carbonyl (C=O) groups is 3. The van der Waals surface area contributed by atoms with Crippen molar-refractivity contribution in [1.29, 1.82) is 0 Å². The normalized spacial score (nSPS) is 14.6. The summed E-state index contributed by atoms with van der Waals surface area (Å²) in [4.78, 5) is 36.7. The number of nitrogens with zero attached hydrogens (tertiary/aromatic N) is 3. The second-order valence-corrected chi connectivity index (χ2v) is 4.61. The van der Waals surface area contributed by atoms with E-state index in [9.17, 15) is 19.5 Å². The van der Waals surface area contributed by atoms with E-state index in [4.69, 9.17) is 0 Å². The lowest BCUT2D eigenvalue weighted by Crippen LogP contribution is -2.49. The van der Waals surface area contributed by atoms with Gasteiger partial charge in [0, 0.05) is 32.6 Å². The standard InChI is InChI=1S/C13H15N3O4/c1-14(2)9-4-3-5-10(8-9)15(13(19)20)16-11(17)6-7-12(16)18/h3-5,8H,6-7H2,1-2H3,(H,19,20). The van der Waals surface area contributed by atoms with Crippen LogP contribution in [0.25, 0.3) is 0 Å². The summed E-state index contributed by atoms with van der Waals surface area (Å²) in [5, 5.41) is 10.7. The van der Waals surface area contributed by atoms with Crippen molar-refractivity contribution in [2.45, 2.75) is 12.8 Å². The molecule has 1 aliphatic rings. The summed E-state index contributed by atoms with van der Waals surface area (Å²) in [6.07, 6.45) is -1.30. The minimum atomic E-state index is -1.37. The molecule has 0 unspecified atom stereocenters. The van der Waals surface area contributed by atoms with Crippen molar-refractivity contribution < 1.29 is 19.5 Å².